The summed E-state index contributed by atoms with van der Waals surface area (Å²) in [5, 5.41) is 1.92. The van der Waals surface area contributed by atoms with E-state index >= 15 is 0 Å². The molecule has 2 heterocycles. The molecule has 0 atom stereocenters. The predicted molar refractivity (Wildman–Crippen MR) is 80.6 cm³/mol. The lowest BCUT2D eigenvalue weighted by Gasteiger charge is -2.16. The quantitative estimate of drug-likeness (QED) is 0.617. The van der Waals surface area contributed by atoms with Gasteiger partial charge in [0.2, 0.25) is 0 Å². The highest BCUT2D eigenvalue weighted by Crippen LogP contribution is 2.32. The van der Waals surface area contributed by atoms with Crippen molar-refractivity contribution in [3.05, 3.63) is 39.2 Å². The third kappa shape index (κ3) is 3.06. The fourth-order valence-corrected chi connectivity index (χ4v) is 2.85. The van der Waals surface area contributed by atoms with E-state index in [-0.39, 0.29) is 5.91 Å². The first-order valence-electron chi connectivity index (χ1n) is 6.45. The SMILES string of the molecule is COCCN1C(=O)/C(=C\c2cccs2)C(C(=O)OC)=C1C. The molecule has 0 aromatic carbocycles. The minimum atomic E-state index is -0.497. The summed E-state index contributed by atoms with van der Waals surface area (Å²) in [7, 11) is 2.89. The van der Waals surface area contributed by atoms with Crippen molar-refractivity contribution in [1.82, 2.24) is 4.90 Å². The van der Waals surface area contributed by atoms with Gasteiger partial charge in [0.1, 0.15) is 0 Å². The molecule has 2 rings (SSSR count). The van der Waals surface area contributed by atoms with Gasteiger partial charge in [-0.3, -0.25) is 4.79 Å². The maximum Gasteiger partial charge on any atom is 0.340 e. The van der Waals surface area contributed by atoms with Gasteiger partial charge in [0, 0.05) is 24.2 Å². The van der Waals surface area contributed by atoms with Crippen molar-refractivity contribution in [1.29, 1.82) is 0 Å². The third-order valence-electron chi connectivity index (χ3n) is 3.25. The summed E-state index contributed by atoms with van der Waals surface area (Å²) in [4.78, 5) is 27.0. The molecule has 5 nitrogen and oxygen atoms in total. The maximum absolute atomic E-state index is 12.5. The van der Waals surface area contributed by atoms with E-state index < -0.39 is 5.97 Å². The standard InChI is InChI=1S/C15H17NO4S/c1-10-13(15(18)20-3)12(9-11-5-4-8-21-11)14(17)16(10)6-7-19-2/h4-5,8-9H,6-7H2,1-3H3/b12-9-. The van der Waals surface area contributed by atoms with E-state index in [2.05, 4.69) is 0 Å². The van der Waals surface area contributed by atoms with E-state index in [1.54, 1.807) is 25.0 Å². The molecule has 1 aliphatic heterocycles. The number of allylic oxidation sites excluding steroid dienone is 1. The number of amides is 1. The highest BCUT2D eigenvalue weighted by atomic mass is 32.1. The van der Waals surface area contributed by atoms with Crippen LogP contribution in [0.5, 0.6) is 0 Å². The summed E-state index contributed by atoms with van der Waals surface area (Å²) in [6.07, 6.45) is 1.73. The first-order chi connectivity index (χ1) is 10.1. The molecule has 1 aromatic rings. The molecule has 6 heteroatoms. The minimum absolute atomic E-state index is 0.196. The second-order valence-corrected chi connectivity index (χ2v) is 5.45. The average molecular weight is 307 g/mol. The second-order valence-electron chi connectivity index (χ2n) is 4.48. The van der Waals surface area contributed by atoms with Gasteiger partial charge in [-0.2, -0.15) is 0 Å². The van der Waals surface area contributed by atoms with E-state index in [1.807, 2.05) is 17.5 Å². The Labute approximate surface area is 127 Å². The van der Waals surface area contributed by atoms with Gasteiger partial charge >= 0.3 is 5.97 Å². The monoisotopic (exact) mass is 307 g/mol. The zero-order valence-corrected chi connectivity index (χ0v) is 13.0. The topological polar surface area (TPSA) is 55.8 Å². The molecule has 1 amide bonds. The first-order valence-corrected chi connectivity index (χ1v) is 7.33. The lowest BCUT2D eigenvalue weighted by atomic mass is 10.1. The summed E-state index contributed by atoms with van der Waals surface area (Å²) in [5.41, 5.74) is 1.30. The van der Waals surface area contributed by atoms with Gasteiger partial charge in [-0.15, -0.1) is 11.3 Å². The van der Waals surface area contributed by atoms with Crippen LogP contribution in [0.25, 0.3) is 6.08 Å². The van der Waals surface area contributed by atoms with Crippen molar-refractivity contribution in [3.8, 4) is 0 Å². The Morgan fingerprint density at radius 3 is 2.76 bits per heavy atom. The third-order valence-corrected chi connectivity index (χ3v) is 4.07. The molecule has 0 bridgehead atoms. The number of ether oxygens (including phenoxy) is 2. The predicted octanol–water partition coefficient (Wildman–Crippen LogP) is 2.07. The summed E-state index contributed by atoms with van der Waals surface area (Å²) >= 11 is 1.51. The molecule has 0 N–H and O–H groups in total. The maximum atomic E-state index is 12.5. The Morgan fingerprint density at radius 2 is 2.19 bits per heavy atom. The molecule has 0 spiro atoms. The van der Waals surface area contributed by atoms with Crippen LogP contribution in [0.1, 0.15) is 11.8 Å². The Hall–Kier alpha value is -1.92. The minimum Gasteiger partial charge on any atom is -0.465 e. The van der Waals surface area contributed by atoms with Crippen molar-refractivity contribution >= 4 is 29.3 Å². The normalized spacial score (nSPS) is 17.0. The number of methoxy groups -OCH3 is 2. The van der Waals surface area contributed by atoms with E-state index in [0.29, 0.717) is 30.0 Å². The number of carbonyl (C=O) groups is 2. The van der Waals surface area contributed by atoms with Crippen LogP contribution in [0, 0.1) is 0 Å². The van der Waals surface area contributed by atoms with E-state index in [1.165, 1.54) is 18.4 Å². The summed E-state index contributed by atoms with van der Waals surface area (Å²) < 4.78 is 9.82. The summed E-state index contributed by atoms with van der Waals surface area (Å²) in [6.45, 7) is 2.56. The molecule has 0 saturated heterocycles. The van der Waals surface area contributed by atoms with Crippen molar-refractivity contribution in [3.63, 3.8) is 0 Å². The van der Waals surface area contributed by atoms with Crippen LogP contribution in [0.3, 0.4) is 0 Å². The Kier molecular flexibility index (Phi) is 4.93. The summed E-state index contributed by atoms with van der Waals surface area (Å²) in [5.74, 6) is -0.693. The molecule has 0 saturated carbocycles. The molecule has 0 aliphatic carbocycles. The molecule has 0 radical (unpaired) electrons. The highest BCUT2D eigenvalue weighted by molar-refractivity contribution is 7.10. The molecule has 112 valence electrons. The van der Waals surface area contributed by atoms with Gasteiger partial charge in [-0.25, -0.2) is 4.79 Å². The highest BCUT2D eigenvalue weighted by Gasteiger charge is 2.36. The van der Waals surface area contributed by atoms with Crippen molar-refractivity contribution in [2.75, 3.05) is 27.4 Å². The van der Waals surface area contributed by atoms with E-state index in [4.69, 9.17) is 9.47 Å². The van der Waals surface area contributed by atoms with Gasteiger partial charge < -0.3 is 14.4 Å². The van der Waals surface area contributed by atoms with Crippen LogP contribution in [0.4, 0.5) is 0 Å². The lowest BCUT2D eigenvalue weighted by molar-refractivity contribution is -0.136. The van der Waals surface area contributed by atoms with Gasteiger partial charge in [0.05, 0.1) is 24.9 Å². The van der Waals surface area contributed by atoms with Gasteiger partial charge in [-0.05, 0) is 24.4 Å². The number of esters is 1. The number of thiophene rings is 1. The fourth-order valence-electron chi connectivity index (χ4n) is 2.20. The van der Waals surface area contributed by atoms with Gasteiger partial charge in [0.15, 0.2) is 0 Å². The van der Waals surface area contributed by atoms with E-state index in [0.717, 1.165) is 4.88 Å². The molecule has 0 fully saturated rings. The molecular weight excluding hydrogens is 290 g/mol. The Morgan fingerprint density at radius 1 is 1.43 bits per heavy atom. The van der Waals surface area contributed by atoms with E-state index in [9.17, 15) is 9.59 Å². The van der Waals surface area contributed by atoms with Gasteiger partial charge in [-0.1, -0.05) is 6.07 Å². The number of nitrogens with zero attached hydrogens (tertiary/aromatic N) is 1. The molecule has 21 heavy (non-hydrogen) atoms. The second kappa shape index (κ2) is 6.69. The molecule has 1 aromatic heterocycles. The molecule has 0 unspecified atom stereocenters. The van der Waals surface area contributed by atoms with Crippen LogP contribution in [0.15, 0.2) is 34.4 Å². The first kappa shape index (κ1) is 15.5. The molecular formula is C15H17NO4S. The Bertz CT molecular complexity index is 601. The van der Waals surface area contributed by atoms with Crippen LogP contribution < -0.4 is 0 Å². The zero-order chi connectivity index (χ0) is 15.4. The summed E-state index contributed by atoms with van der Waals surface area (Å²) in [6, 6.07) is 3.79. The zero-order valence-electron chi connectivity index (χ0n) is 12.2. The van der Waals surface area contributed by atoms with Gasteiger partial charge in [0.25, 0.3) is 5.91 Å². The van der Waals surface area contributed by atoms with Crippen LogP contribution in [-0.4, -0.2) is 44.1 Å². The smallest absolute Gasteiger partial charge is 0.340 e. The fraction of sp³-hybridized carbons (Fsp3) is 0.333. The number of rotatable bonds is 5. The van der Waals surface area contributed by atoms with Crippen molar-refractivity contribution in [2.24, 2.45) is 0 Å². The number of carbonyl (C=O) groups excluding carboxylic acids is 2. The lowest BCUT2D eigenvalue weighted by Crippen LogP contribution is -2.28. The van der Waals surface area contributed by atoms with Crippen molar-refractivity contribution < 1.29 is 19.1 Å². The number of hydrogen-bond donors (Lipinski definition) is 0. The van der Waals surface area contributed by atoms with Crippen LogP contribution in [0.2, 0.25) is 0 Å². The Balaban J connectivity index is 2.43. The molecule has 1 aliphatic rings. The average Bonchev–Trinajstić information content (AvgIpc) is 3.06. The largest absolute Gasteiger partial charge is 0.465 e. The van der Waals surface area contributed by atoms with Crippen LogP contribution >= 0.6 is 11.3 Å². The number of hydrogen-bond acceptors (Lipinski definition) is 5. The van der Waals surface area contributed by atoms with Crippen LogP contribution in [-0.2, 0) is 19.1 Å². The van der Waals surface area contributed by atoms with Crippen molar-refractivity contribution in [2.45, 2.75) is 6.92 Å².